The van der Waals surface area contributed by atoms with Gasteiger partial charge in [-0.25, -0.2) is 9.78 Å². The van der Waals surface area contributed by atoms with E-state index in [0.29, 0.717) is 19.9 Å². The number of imide groups is 1. The van der Waals surface area contributed by atoms with Crippen molar-refractivity contribution in [1.29, 1.82) is 0 Å². The molecule has 1 aliphatic rings. The van der Waals surface area contributed by atoms with Crippen LogP contribution in [0.15, 0.2) is 24.3 Å². The van der Waals surface area contributed by atoms with E-state index in [1.54, 1.807) is 25.1 Å². The number of hydrogen-bond acceptors (Lipinski definition) is 4. The van der Waals surface area contributed by atoms with Crippen LogP contribution in [0.4, 0.5) is 4.79 Å². The Balaban J connectivity index is 1.91. The molecular formula is C14H10Cl3N3O2S. The molecule has 3 heterocycles. The summed E-state index contributed by atoms with van der Waals surface area (Å²) >= 11 is 19.1. The number of carbonyl (C=O) groups is 2. The first-order chi connectivity index (χ1) is 10.8. The number of amides is 3. The van der Waals surface area contributed by atoms with Crippen molar-refractivity contribution in [3.8, 4) is 0 Å². The number of urea groups is 1. The minimum Gasteiger partial charge on any atom is -0.319 e. The van der Waals surface area contributed by atoms with Crippen molar-refractivity contribution in [1.82, 2.24) is 15.2 Å². The smallest absolute Gasteiger partial charge is 0.319 e. The Labute approximate surface area is 151 Å². The molecule has 0 aromatic carbocycles. The number of thiophene rings is 1. The van der Waals surface area contributed by atoms with Crippen LogP contribution in [-0.4, -0.2) is 21.8 Å². The number of hydrogen-bond donors (Lipinski definition) is 1. The number of nitrogens with zero attached hydrogens (tertiary/aromatic N) is 2. The van der Waals surface area contributed by atoms with Crippen molar-refractivity contribution in [2.24, 2.45) is 0 Å². The molecule has 0 bridgehead atoms. The highest BCUT2D eigenvalue weighted by atomic mass is 35.5. The predicted octanol–water partition coefficient (Wildman–Crippen LogP) is 4.07. The van der Waals surface area contributed by atoms with Gasteiger partial charge in [0.1, 0.15) is 5.15 Å². The second-order valence-electron chi connectivity index (χ2n) is 5.11. The normalized spacial score (nSPS) is 21.0. The van der Waals surface area contributed by atoms with Gasteiger partial charge in [-0.15, -0.1) is 11.3 Å². The zero-order valence-corrected chi connectivity index (χ0v) is 14.9. The monoisotopic (exact) mass is 389 g/mol. The fourth-order valence-electron chi connectivity index (χ4n) is 2.31. The second-order valence-corrected chi connectivity index (χ2v) is 7.62. The van der Waals surface area contributed by atoms with Gasteiger partial charge in [0.05, 0.1) is 21.6 Å². The maximum atomic E-state index is 12.8. The number of halogens is 3. The third kappa shape index (κ3) is 2.92. The highest BCUT2D eigenvalue weighted by molar-refractivity contribution is 7.16. The van der Waals surface area contributed by atoms with Gasteiger partial charge in [0.25, 0.3) is 5.91 Å². The summed E-state index contributed by atoms with van der Waals surface area (Å²) in [6.45, 7) is 1.58. The number of rotatable bonds is 3. The maximum absolute atomic E-state index is 12.8. The summed E-state index contributed by atoms with van der Waals surface area (Å²) < 4.78 is 0.543. The van der Waals surface area contributed by atoms with E-state index in [1.165, 1.54) is 17.4 Å². The van der Waals surface area contributed by atoms with Crippen molar-refractivity contribution in [3.05, 3.63) is 49.3 Å². The highest BCUT2D eigenvalue weighted by Crippen LogP contribution is 2.36. The molecule has 1 atom stereocenters. The molecule has 120 valence electrons. The first-order valence-corrected chi connectivity index (χ1v) is 8.47. The molecule has 0 spiro atoms. The Morgan fingerprint density at radius 1 is 1.22 bits per heavy atom. The summed E-state index contributed by atoms with van der Waals surface area (Å²) in [5.41, 5.74) is -0.795. The van der Waals surface area contributed by atoms with Gasteiger partial charge in [-0.1, -0.05) is 34.8 Å². The minimum atomic E-state index is -1.15. The molecule has 0 saturated carbocycles. The van der Waals surface area contributed by atoms with E-state index in [-0.39, 0.29) is 17.6 Å². The Kier molecular flexibility index (Phi) is 4.27. The van der Waals surface area contributed by atoms with E-state index in [2.05, 4.69) is 10.3 Å². The lowest BCUT2D eigenvalue weighted by Gasteiger charge is -2.20. The molecule has 5 nitrogen and oxygen atoms in total. The average molecular weight is 391 g/mol. The predicted molar refractivity (Wildman–Crippen MR) is 90.0 cm³/mol. The highest BCUT2D eigenvalue weighted by Gasteiger charge is 2.50. The number of carbonyl (C=O) groups excluding carboxylic acids is 2. The Bertz CT molecular complexity index is 810. The van der Waals surface area contributed by atoms with Gasteiger partial charge < -0.3 is 5.32 Å². The van der Waals surface area contributed by atoms with E-state index in [9.17, 15) is 9.59 Å². The molecule has 0 aliphatic carbocycles. The van der Waals surface area contributed by atoms with E-state index >= 15 is 0 Å². The van der Waals surface area contributed by atoms with E-state index < -0.39 is 11.6 Å². The van der Waals surface area contributed by atoms with Crippen molar-refractivity contribution in [3.63, 3.8) is 0 Å². The lowest BCUT2D eigenvalue weighted by atomic mass is 10.0. The standard InChI is InChI=1S/C14H10Cl3N3O2S/c1-14(9-3-5-11(17)23-9)12(21)20(13(22)19-14)6-8-7(15)2-4-10(16)18-8/h2-5H,6H2,1H3,(H,19,22). The molecule has 0 radical (unpaired) electrons. The molecule has 2 aromatic rings. The van der Waals surface area contributed by atoms with Gasteiger partial charge >= 0.3 is 6.03 Å². The molecule has 3 rings (SSSR count). The summed E-state index contributed by atoms with van der Waals surface area (Å²) in [7, 11) is 0. The summed E-state index contributed by atoms with van der Waals surface area (Å²) in [6, 6.07) is 6.00. The second kappa shape index (κ2) is 5.94. The number of pyridine rings is 1. The maximum Gasteiger partial charge on any atom is 0.325 e. The van der Waals surface area contributed by atoms with E-state index in [1.807, 2.05) is 0 Å². The van der Waals surface area contributed by atoms with Gasteiger partial charge in [0.2, 0.25) is 0 Å². The Hall–Kier alpha value is -1.34. The third-order valence-electron chi connectivity index (χ3n) is 3.53. The minimum absolute atomic E-state index is 0.0568. The zero-order chi connectivity index (χ0) is 16.8. The van der Waals surface area contributed by atoms with Crippen molar-refractivity contribution in [2.75, 3.05) is 0 Å². The molecule has 23 heavy (non-hydrogen) atoms. The van der Waals surface area contributed by atoms with Gasteiger partial charge in [-0.3, -0.25) is 9.69 Å². The van der Waals surface area contributed by atoms with Gasteiger partial charge in [0.15, 0.2) is 5.54 Å². The molecule has 3 amide bonds. The first-order valence-electron chi connectivity index (χ1n) is 6.52. The lowest BCUT2D eigenvalue weighted by molar-refractivity contribution is -0.131. The average Bonchev–Trinajstić information content (AvgIpc) is 3.01. The molecule has 1 fully saturated rings. The van der Waals surface area contributed by atoms with E-state index in [4.69, 9.17) is 34.8 Å². The van der Waals surface area contributed by atoms with Crippen LogP contribution >= 0.6 is 46.1 Å². The van der Waals surface area contributed by atoms with Crippen LogP contribution in [0.25, 0.3) is 0 Å². The van der Waals surface area contributed by atoms with Gasteiger partial charge in [-0.05, 0) is 31.2 Å². The quantitative estimate of drug-likeness (QED) is 0.635. The molecule has 1 unspecified atom stereocenters. The fraction of sp³-hybridized carbons (Fsp3) is 0.214. The summed E-state index contributed by atoms with van der Waals surface area (Å²) in [5.74, 6) is -0.390. The lowest BCUT2D eigenvalue weighted by Crippen LogP contribution is -2.40. The molecule has 1 aliphatic heterocycles. The van der Waals surface area contributed by atoms with Crippen molar-refractivity contribution < 1.29 is 9.59 Å². The molecular weight excluding hydrogens is 381 g/mol. The molecule has 1 saturated heterocycles. The fourth-order valence-corrected chi connectivity index (χ4v) is 3.78. The van der Waals surface area contributed by atoms with Crippen LogP contribution in [0.2, 0.25) is 14.5 Å². The van der Waals surface area contributed by atoms with Crippen LogP contribution in [0.3, 0.4) is 0 Å². The van der Waals surface area contributed by atoms with Crippen LogP contribution in [-0.2, 0) is 16.9 Å². The van der Waals surface area contributed by atoms with Crippen molar-refractivity contribution >= 4 is 58.1 Å². The number of nitrogens with one attached hydrogen (secondary N) is 1. The summed E-state index contributed by atoms with van der Waals surface area (Å²) in [5, 5.41) is 3.28. The first kappa shape index (κ1) is 16.5. The SMILES string of the molecule is CC1(c2ccc(Cl)s2)NC(=O)N(Cc2nc(Cl)ccc2Cl)C1=O. The van der Waals surface area contributed by atoms with E-state index in [0.717, 1.165) is 4.90 Å². The Morgan fingerprint density at radius 2 is 1.96 bits per heavy atom. The van der Waals surface area contributed by atoms with Crippen molar-refractivity contribution in [2.45, 2.75) is 19.0 Å². The Morgan fingerprint density at radius 3 is 2.61 bits per heavy atom. The summed E-state index contributed by atoms with van der Waals surface area (Å²) in [6.07, 6.45) is 0. The van der Waals surface area contributed by atoms with Gasteiger partial charge in [-0.2, -0.15) is 0 Å². The van der Waals surface area contributed by atoms with Crippen LogP contribution < -0.4 is 5.32 Å². The summed E-state index contributed by atoms with van der Waals surface area (Å²) in [4.78, 5) is 30.8. The molecule has 2 aromatic heterocycles. The van der Waals surface area contributed by atoms with Gasteiger partial charge in [0, 0.05) is 4.88 Å². The van der Waals surface area contributed by atoms with Crippen LogP contribution in [0.1, 0.15) is 17.5 Å². The molecule has 9 heteroatoms. The number of aromatic nitrogens is 1. The zero-order valence-electron chi connectivity index (χ0n) is 11.8. The van der Waals surface area contributed by atoms with Crippen LogP contribution in [0.5, 0.6) is 0 Å². The largest absolute Gasteiger partial charge is 0.325 e. The van der Waals surface area contributed by atoms with Crippen LogP contribution in [0, 0.1) is 0 Å². The molecule has 1 N–H and O–H groups in total. The topological polar surface area (TPSA) is 62.3 Å². The third-order valence-corrected chi connectivity index (χ3v) is 5.54.